The average molecular weight is 350 g/mol. The van der Waals surface area contributed by atoms with Crippen LogP contribution < -0.4 is 10.6 Å². The number of amides is 2. The van der Waals surface area contributed by atoms with E-state index in [1.165, 1.54) is 0 Å². The first kappa shape index (κ1) is 15.6. The van der Waals surface area contributed by atoms with Gasteiger partial charge >= 0.3 is 6.03 Å². The van der Waals surface area contributed by atoms with Crippen LogP contribution in [0.1, 0.15) is 5.82 Å². The summed E-state index contributed by atoms with van der Waals surface area (Å²) in [7, 11) is 0. The molecule has 0 spiro atoms. The second kappa shape index (κ2) is 6.85. The molecule has 0 radical (unpaired) electrons. The number of fused-ring (bicyclic) bond motifs is 1. The van der Waals surface area contributed by atoms with Crippen LogP contribution in [0.25, 0.3) is 5.65 Å². The van der Waals surface area contributed by atoms with Gasteiger partial charge in [-0.2, -0.15) is 0 Å². The molecule has 3 aromatic rings. The second-order valence-electron chi connectivity index (χ2n) is 4.80. The van der Waals surface area contributed by atoms with Crippen LogP contribution in [0.2, 0.25) is 10.0 Å². The lowest BCUT2D eigenvalue weighted by atomic mass is 10.3. The summed E-state index contributed by atoms with van der Waals surface area (Å²) < 4.78 is 1.89. The Bertz CT molecular complexity index is 849. The lowest BCUT2D eigenvalue weighted by Crippen LogP contribution is -2.30. The number of nitrogens with one attached hydrogen (secondary N) is 2. The van der Waals surface area contributed by atoms with Crippen molar-refractivity contribution in [2.75, 3.05) is 11.9 Å². The predicted molar refractivity (Wildman–Crippen MR) is 90.2 cm³/mol. The van der Waals surface area contributed by atoms with Gasteiger partial charge in [-0.25, -0.2) is 4.79 Å². The largest absolute Gasteiger partial charge is 0.337 e. The summed E-state index contributed by atoms with van der Waals surface area (Å²) in [6.45, 7) is 0.433. The number of hydrogen-bond donors (Lipinski definition) is 2. The minimum atomic E-state index is -0.322. The Morgan fingerprint density at radius 2 is 2.00 bits per heavy atom. The number of urea groups is 1. The summed E-state index contributed by atoms with van der Waals surface area (Å²) in [5.41, 5.74) is 1.35. The van der Waals surface area contributed by atoms with Crippen molar-refractivity contribution >= 4 is 40.6 Å². The number of pyridine rings is 1. The Balaban J connectivity index is 1.54. The molecule has 0 atom stereocenters. The third-order valence-electron chi connectivity index (χ3n) is 3.20. The fourth-order valence-corrected chi connectivity index (χ4v) is 2.40. The molecule has 0 aliphatic heterocycles. The molecule has 23 heavy (non-hydrogen) atoms. The summed E-state index contributed by atoms with van der Waals surface area (Å²) in [4.78, 5) is 11.9. The monoisotopic (exact) mass is 349 g/mol. The van der Waals surface area contributed by atoms with Gasteiger partial charge in [-0.3, -0.25) is 4.40 Å². The van der Waals surface area contributed by atoms with E-state index in [4.69, 9.17) is 23.2 Å². The van der Waals surface area contributed by atoms with Crippen LogP contribution in [0, 0.1) is 0 Å². The molecule has 2 aromatic heterocycles. The van der Waals surface area contributed by atoms with Gasteiger partial charge in [0.1, 0.15) is 5.82 Å². The Morgan fingerprint density at radius 1 is 1.13 bits per heavy atom. The minimum Gasteiger partial charge on any atom is -0.337 e. The summed E-state index contributed by atoms with van der Waals surface area (Å²) in [5, 5.41) is 14.4. The van der Waals surface area contributed by atoms with E-state index in [1.807, 2.05) is 28.8 Å². The van der Waals surface area contributed by atoms with Crippen LogP contribution in [0.5, 0.6) is 0 Å². The molecule has 8 heteroatoms. The van der Waals surface area contributed by atoms with E-state index in [0.29, 0.717) is 28.7 Å². The SMILES string of the molecule is O=C(NCCc1nnc2ccccn12)Nc1ccc(Cl)c(Cl)c1. The lowest BCUT2D eigenvalue weighted by molar-refractivity contribution is 0.252. The first-order valence-electron chi connectivity index (χ1n) is 6.92. The normalized spacial score (nSPS) is 10.7. The van der Waals surface area contributed by atoms with Gasteiger partial charge in [0.05, 0.1) is 10.0 Å². The molecule has 0 aliphatic rings. The number of rotatable bonds is 4. The van der Waals surface area contributed by atoms with Gasteiger partial charge in [0, 0.05) is 24.8 Å². The molecule has 2 N–H and O–H groups in total. The van der Waals surface area contributed by atoms with Crippen molar-refractivity contribution < 1.29 is 4.79 Å². The van der Waals surface area contributed by atoms with Gasteiger partial charge < -0.3 is 10.6 Å². The van der Waals surface area contributed by atoms with E-state index in [0.717, 1.165) is 11.5 Å². The molecule has 2 heterocycles. The minimum absolute atomic E-state index is 0.322. The Labute approximate surface area is 142 Å². The van der Waals surface area contributed by atoms with Gasteiger partial charge in [0.25, 0.3) is 0 Å². The first-order chi connectivity index (χ1) is 11.1. The highest BCUT2D eigenvalue weighted by Crippen LogP contribution is 2.24. The molecule has 3 rings (SSSR count). The second-order valence-corrected chi connectivity index (χ2v) is 5.62. The number of benzene rings is 1. The summed E-state index contributed by atoms with van der Waals surface area (Å²) in [6.07, 6.45) is 2.46. The van der Waals surface area contributed by atoms with Crippen molar-refractivity contribution in [2.24, 2.45) is 0 Å². The van der Waals surface area contributed by atoms with Crippen LogP contribution in [0.4, 0.5) is 10.5 Å². The van der Waals surface area contributed by atoms with Gasteiger partial charge in [-0.1, -0.05) is 29.3 Å². The van der Waals surface area contributed by atoms with Gasteiger partial charge in [-0.05, 0) is 30.3 Å². The predicted octanol–water partition coefficient (Wildman–Crippen LogP) is 3.40. The molecule has 0 saturated heterocycles. The summed E-state index contributed by atoms with van der Waals surface area (Å²) >= 11 is 11.7. The quantitative estimate of drug-likeness (QED) is 0.758. The molecule has 1 aromatic carbocycles. The maximum Gasteiger partial charge on any atom is 0.319 e. The number of nitrogens with zero attached hydrogens (tertiary/aromatic N) is 3. The van der Waals surface area contributed by atoms with Crippen molar-refractivity contribution in [1.29, 1.82) is 0 Å². The van der Waals surface area contributed by atoms with Crippen molar-refractivity contribution in [3.63, 3.8) is 0 Å². The van der Waals surface area contributed by atoms with Crippen molar-refractivity contribution in [1.82, 2.24) is 19.9 Å². The van der Waals surface area contributed by atoms with E-state index in [-0.39, 0.29) is 6.03 Å². The highest BCUT2D eigenvalue weighted by molar-refractivity contribution is 6.42. The number of hydrogen-bond acceptors (Lipinski definition) is 3. The van der Waals surface area contributed by atoms with Crippen molar-refractivity contribution in [2.45, 2.75) is 6.42 Å². The van der Waals surface area contributed by atoms with Crippen LogP contribution >= 0.6 is 23.2 Å². The molecular weight excluding hydrogens is 337 g/mol. The van der Waals surface area contributed by atoms with Gasteiger partial charge in [0.2, 0.25) is 0 Å². The van der Waals surface area contributed by atoms with Crippen molar-refractivity contribution in [3.8, 4) is 0 Å². The molecule has 0 saturated carbocycles. The molecule has 2 amide bonds. The van der Waals surface area contributed by atoms with Crippen LogP contribution in [-0.2, 0) is 6.42 Å². The molecule has 0 unspecified atom stereocenters. The van der Waals surface area contributed by atoms with Crippen molar-refractivity contribution in [3.05, 3.63) is 58.5 Å². The molecule has 0 aliphatic carbocycles. The zero-order valence-corrected chi connectivity index (χ0v) is 13.5. The zero-order valence-electron chi connectivity index (χ0n) is 12.0. The molecule has 6 nitrogen and oxygen atoms in total. The maximum absolute atomic E-state index is 11.9. The van der Waals surface area contributed by atoms with Gasteiger partial charge in [0.15, 0.2) is 5.65 Å². The molecular formula is C15H13Cl2N5O. The van der Waals surface area contributed by atoms with E-state index in [9.17, 15) is 4.79 Å². The molecule has 0 bridgehead atoms. The third-order valence-corrected chi connectivity index (χ3v) is 3.93. The lowest BCUT2D eigenvalue weighted by Gasteiger charge is -2.08. The maximum atomic E-state index is 11.9. The van der Waals surface area contributed by atoms with E-state index in [1.54, 1.807) is 18.2 Å². The Hall–Kier alpha value is -2.31. The number of carbonyl (C=O) groups is 1. The fourth-order valence-electron chi connectivity index (χ4n) is 2.10. The molecule has 118 valence electrons. The number of carbonyl (C=O) groups excluding carboxylic acids is 1. The zero-order chi connectivity index (χ0) is 16.2. The van der Waals surface area contributed by atoms with E-state index < -0.39 is 0 Å². The number of halogens is 2. The summed E-state index contributed by atoms with van der Waals surface area (Å²) in [5.74, 6) is 0.787. The third kappa shape index (κ3) is 3.72. The topological polar surface area (TPSA) is 71.3 Å². The Morgan fingerprint density at radius 3 is 2.83 bits per heavy atom. The summed E-state index contributed by atoms with van der Waals surface area (Å²) in [6, 6.07) is 10.3. The molecule has 0 fully saturated rings. The van der Waals surface area contributed by atoms with Gasteiger partial charge in [-0.15, -0.1) is 10.2 Å². The van der Waals surface area contributed by atoms with E-state index in [2.05, 4.69) is 20.8 Å². The first-order valence-corrected chi connectivity index (χ1v) is 7.67. The fraction of sp³-hybridized carbons (Fsp3) is 0.133. The average Bonchev–Trinajstić information content (AvgIpc) is 2.94. The highest BCUT2D eigenvalue weighted by atomic mass is 35.5. The number of aromatic nitrogens is 3. The standard InChI is InChI=1S/C15H13Cl2N5O/c16-11-5-4-10(9-12(11)17)19-15(23)18-7-6-14-21-20-13-3-1-2-8-22(13)14/h1-5,8-9H,6-7H2,(H2,18,19,23). The Kier molecular flexibility index (Phi) is 4.64. The number of anilines is 1. The van der Waals surface area contributed by atoms with Crippen LogP contribution in [0.3, 0.4) is 0 Å². The van der Waals surface area contributed by atoms with E-state index >= 15 is 0 Å². The van der Waals surface area contributed by atoms with Crippen LogP contribution in [0.15, 0.2) is 42.6 Å². The van der Waals surface area contributed by atoms with Crippen LogP contribution in [-0.4, -0.2) is 27.2 Å². The highest BCUT2D eigenvalue weighted by Gasteiger charge is 2.07. The smallest absolute Gasteiger partial charge is 0.319 e.